The summed E-state index contributed by atoms with van der Waals surface area (Å²) in [5.74, 6) is 1.11. The van der Waals surface area contributed by atoms with E-state index in [-0.39, 0.29) is 12.5 Å². The number of hydrogen-bond donors (Lipinski definition) is 1. The molecule has 1 atom stereocenters. The van der Waals surface area contributed by atoms with Crippen molar-refractivity contribution < 1.29 is 19.0 Å². The fourth-order valence-electron chi connectivity index (χ4n) is 3.10. The highest BCUT2D eigenvalue weighted by molar-refractivity contribution is 5.81. The normalized spacial score (nSPS) is 19.1. The zero-order valence-electron chi connectivity index (χ0n) is 14.5. The van der Waals surface area contributed by atoms with E-state index in [0.29, 0.717) is 18.0 Å². The number of morpholine rings is 1. The molecule has 2 aromatic carbocycles. The molecule has 0 unspecified atom stereocenters. The van der Waals surface area contributed by atoms with Gasteiger partial charge in [0.15, 0.2) is 11.5 Å². The van der Waals surface area contributed by atoms with E-state index >= 15 is 0 Å². The van der Waals surface area contributed by atoms with Crippen molar-refractivity contribution in [2.45, 2.75) is 12.6 Å². The highest BCUT2D eigenvalue weighted by Crippen LogP contribution is 2.30. The van der Waals surface area contributed by atoms with Gasteiger partial charge in [0.25, 0.3) is 5.91 Å². The maximum Gasteiger partial charge on any atom is 0.264 e. The van der Waals surface area contributed by atoms with Gasteiger partial charge in [-0.1, -0.05) is 24.3 Å². The van der Waals surface area contributed by atoms with E-state index in [1.165, 1.54) is 5.69 Å². The Morgan fingerprint density at radius 2 is 1.77 bits per heavy atom. The van der Waals surface area contributed by atoms with Crippen LogP contribution in [0.3, 0.4) is 0 Å². The van der Waals surface area contributed by atoms with Gasteiger partial charge < -0.3 is 24.4 Å². The number of hydrogen-bond acceptors (Lipinski definition) is 5. The van der Waals surface area contributed by atoms with E-state index in [1.807, 2.05) is 30.3 Å². The molecule has 1 saturated heterocycles. The summed E-state index contributed by atoms with van der Waals surface area (Å²) in [4.78, 5) is 14.7. The van der Waals surface area contributed by atoms with Crippen LogP contribution in [-0.2, 0) is 16.1 Å². The van der Waals surface area contributed by atoms with Crippen LogP contribution in [0.25, 0.3) is 0 Å². The van der Waals surface area contributed by atoms with Crippen molar-refractivity contribution in [3.05, 3.63) is 54.1 Å². The van der Waals surface area contributed by atoms with Gasteiger partial charge in [0, 0.05) is 25.3 Å². The molecule has 4 rings (SSSR count). The SMILES string of the molecule is O=C(NCc1ccc(N2CCOCC2)cc1)[C@H]1COc2ccccc2O1. The standard InChI is InChI=1S/C20H22N2O4/c23-20(19-14-25-17-3-1-2-4-18(17)26-19)21-13-15-5-7-16(8-6-15)22-9-11-24-12-10-22/h1-8,19H,9-14H2,(H,21,23)/t19-/m1/s1. The summed E-state index contributed by atoms with van der Waals surface area (Å²) in [5, 5.41) is 2.92. The van der Waals surface area contributed by atoms with Crippen LogP contribution in [0.15, 0.2) is 48.5 Å². The van der Waals surface area contributed by atoms with Gasteiger partial charge in [-0.15, -0.1) is 0 Å². The molecule has 0 spiro atoms. The minimum Gasteiger partial charge on any atom is -0.485 e. The minimum atomic E-state index is -0.627. The van der Waals surface area contributed by atoms with Crippen LogP contribution in [0.2, 0.25) is 0 Å². The number of carbonyl (C=O) groups is 1. The second-order valence-electron chi connectivity index (χ2n) is 6.35. The van der Waals surface area contributed by atoms with Crippen molar-refractivity contribution in [3.63, 3.8) is 0 Å². The Bertz CT molecular complexity index is 757. The second-order valence-corrected chi connectivity index (χ2v) is 6.35. The third kappa shape index (κ3) is 3.75. The minimum absolute atomic E-state index is 0.170. The van der Waals surface area contributed by atoms with E-state index in [2.05, 4.69) is 22.3 Å². The molecule has 0 aliphatic carbocycles. The van der Waals surface area contributed by atoms with Crippen LogP contribution >= 0.6 is 0 Å². The number of anilines is 1. The van der Waals surface area contributed by atoms with Crippen LogP contribution in [0.5, 0.6) is 11.5 Å². The number of amides is 1. The molecule has 2 aromatic rings. The van der Waals surface area contributed by atoms with Crippen LogP contribution < -0.4 is 19.7 Å². The Labute approximate surface area is 152 Å². The molecule has 0 radical (unpaired) electrons. The maximum absolute atomic E-state index is 12.4. The Morgan fingerprint density at radius 1 is 1.04 bits per heavy atom. The molecule has 2 aliphatic heterocycles. The molecule has 1 amide bonds. The second kappa shape index (κ2) is 7.66. The lowest BCUT2D eigenvalue weighted by atomic mass is 10.2. The quantitative estimate of drug-likeness (QED) is 0.910. The lowest BCUT2D eigenvalue weighted by molar-refractivity contribution is -0.130. The van der Waals surface area contributed by atoms with Crippen molar-refractivity contribution in [2.24, 2.45) is 0 Å². The average Bonchev–Trinajstić information content (AvgIpc) is 2.72. The molecule has 0 aromatic heterocycles. The number of fused-ring (bicyclic) bond motifs is 1. The van der Waals surface area contributed by atoms with Gasteiger partial charge in [-0.2, -0.15) is 0 Å². The predicted octanol–water partition coefficient (Wildman–Crippen LogP) is 1.98. The van der Waals surface area contributed by atoms with Gasteiger partial charge in [0.2, 0.25) is 6.10 Å². The average molecular weight is 354 g/mol. The molecule has 1 N–H and O–H groups in total. The van der Waals surface area contributed by atoms with Gasteiger partial charge in [-0.05, 0) is 29.8 Å². The third-order valence-electron chi connectivity index (χ3n) is 4.58. The van der Waals surface area contributed by atoms with Crippen molar-refractivity contribution in [3.8, 4) is 11.5 Å². The summed E-state index contributed by atoms with van der Waals surface area (Å²) in [6.07, 6.45) is -0.627. The van der Waals surface area contributed by atoms with Gasteiger partial charge in [-0.25, -0.2) is 0 Å². The van der Waals surface area contributed by atoms with Crippen molar-refractivity contribution in [1.82, 2.24) is 5.32 Å². The Hall–Kier alpha value is -2.73. The molecule has 1 fully saturated rings. The van der Waals surface area contributed by atoms with Crippen LogP contribution in [0, 0.1) is 0 Å². The largest absolute Gasteiger partial charge is 0.485 e. The number of benzene rings is 2. The van der Waals surface area contributed by atoms with Crippen molar-refractivity contribution in [2.75, 3.05) is 37.8 Å². The number of nitrogens with zero attached hydrogens (tertiary/aromatic N) is 1. The van der Waals surface area contributed by atoms with E-state index in [0.717, 1.165) is 31.9 Å². The number of ether oxygens (including phenoxy) is 3. The number of nitrogens with one attached hydrogen (secondary N) is 1. The Morgan fingerprint density at radius 3 is 2.54 bits per heavy atom. The Kier molecular flexibility index (Phi) is 4.93. The first-order valence-electron chi connectivity index (χ1n) is 8.87. The highest BCUT2D eigenvalue weighted by atomic mass is 16.6. The first kappa shape index (κ1) is 16.7. The topological polar surface area (TPSA) is 60.0 Å². The number of para-hydroxylation sites is 2. The summed E-state index contributed by atoms with van der Waals surface area (Å²) in [6, 6.07) is 15.6. The van der Waals surface area contributed by atoms with Gasteiger partial charge in [0.05, 0.1) is 13.2 Å². The molecule has 136 valence electrons. The molecule has 0 saturated carbocycles. The van der Waals surface area contributed by atoms with Crippen LogP contribution in [-0.4, -0.2) is 44.9 Å². The van der Waals surface area contributed by atoms with Gasteiger partial charge in [-0.3, -0.25) is 4.79 Å². The molecule has 2 heterocycles. The van der Waals surface area contributed by atoms with Gasteiger partial charge >= 0.3 is 0 Å². The predicted molar refractivity (Wildman–Crippen MR) is 97.7 cm³/mol. The molecule has 2 aliphatic rings. The van der Waals surface area contributed by atoms with Gasteiger partial charge in [0.1, 0.15) is 6.61 Å². The fraction of sp³-hybridized carbons (Fsp3) is 0.350. The molecule has 6 heteroatoms. The van der Waals surface area contributed by atoms with E-state index in [1.54, 1.807) is 6.07 Å². The molecule has 6 nitrogen and oxygen atoms in total. The fourth-order valence-corrected chi connectivity index (χ4v) is 3.10. The van der Waals surface area contributed by atoms with E-state index < -0.39 is 6.10 Å². The molecular weight excluding hydrogens is 332 g/mol. The zero-order valence-corrected chi connectivity index (χ0v) is 14.5. The van der Waals surface area contributed by atoms with E-state index in [9.17, 15) is 4.79 Å². The maximum atomic E-state index is 12.4. The molecule has 26 heavy (non-hydrogen) atoms. The molecular formula is C20H22N2O4. The van der Waals surface area contributed by atoms with Crippen LogP contribution in [0.4, 0.5) is 5.69 Å². The van der Waals surface area contributed by atoms with Crippen molar-refractivity contribution >= 4 is 11.6 Å². The highest BCUT2D eigenvalue weighted by Gasteiger charge is 2.26. The molecule has 0 bridgehead atoms. The van der Waals surface area contributed by atoms with Crippen LogP contribution in [0.1, 0.15) is 5.56 Å². The summed E-state index contributed by atoms with van der Waals surface area (Å²) < 4.78 is 16.7. The summed E-state index contributed by atoms with van der Waals surface area (Å²) in [6.45, 7) is 4.05. The summed E-state index contributed by atoms with van der Waals surface area (Å²) in [5.41, 5.74) is 2.23. The number of rotatable bonds is 4. The first-order chi connectivity index (χ1) is 12.8. The monoisotopic (exact) mass is 354 g/mol. The lowest BCUT2D eigenvalue weighted by Gasteiger charge is -2.29. The third-order valence-corrected chi connectivity index (χ3v) is 4.58. The van der Waals surface area contributed by atoms with E-state index in [4.69, 9.17) is 14.2 Å². The van der Waals surface area contributed by atoms with Crippen molar-refractivity contribution in [1.29, 1.82) is 0 Å². The summed E-state index contributed by atoms with van der Waals surface area (Å²) in [7, 11) is 0. The lowest BCUT2D eigenvalue weighted by Crippen LogP contribution is -2.43. The zero-order chi connectivity index (χ0) is 17.8. The smallest absolute Gasteiger partial charge is 0.264 e. The summed E-state index contributed by atoms with van der Waals surface area (Å²) >= 11 is 0. The Balaban J connectivity index is 1.30. The number of carbonyl (C=O) groups excluding carboxylic acids is 1. The first-order valence-corrected chi connectivity index (χ1v) is 8.87.